The predicted molar refractivity (Wildman–Crippen MR) is 83.7 cm³/mol. The van der Waals surface area contributed by atoms with E-state index in [0.29, 0.717) is 31.3 Å². The molecule has 120 valence electrons. The van der Waals surface area contributed by atoms with Crippen LogP contribution in [0.25, 0.3) is 0 Å². The Morgan fingerprint density at radius 2 is 1.77 bits per heavy atom. The third kappa shape index (κ3) is 4.42. The molecule has 1 aliphatic carbocycles. The Bertz CT molecular complexity index is 631. The lowest BCUT2D eigenvalue weighted by Gasteiger charge is -2.28. The van der Waals surface area contributed by atoms with Crippen LogP contribution >= 0.6 is 0 Å². The van der Waals surface area contributed by atoms with Gasteiger partial charge < -0.3 is 5.32 Å². The minimum atomic E-state index is -3.72. The van der Waals surface area contributed by atoms with Crippen molar-refractivity contribution in [1.29, 1.82) is 0 Å². The molecule has 0 unspecified atom stereocenters. The number of benzene rings is 1. The normalized spacial score (nSPS) is 22.0. The zero-order valence-electron chi connectivity index (χ0n) is 12.6. The Morgan fingerprint density at radius 1 is 1.18 bits per heavy atom. The number of rotatable bonds is 5. The number of amides is 1. The van der Waals surface area contributed by atoms with Crippen LogP contribution in [0.1, 0.15) is 32.6 Å². The van der Waals surface area contributed by atoms with E-state index in [1.54, 1.807) is 25.1 Å². The van der Waals surface area contributed by atoms with Crippen molar-refractivity contribution in [3.05, 3.63) is 42.5 Å². The van der Waals surface area contributed by atoms with Gasteiger partial charge in [-0.2, -0.15) is 8.42 Å². The zero-order valence-corrected chi connectivity index (χ0v) is 13.4. The van der Waals surface area contributed by atoms with Gasteiger partial charge in [0, 0.05) is 11.6 Å². The Morgan fingerprint density at radius 3 is 2.32 bits per heavy atom. The number of carbonyl (C=O) groups excluding carboxylic acids is 1. The molecule has 1 aromatic rings. The number of carbonyl (C=O) groups is 1. The average Bonchev–Trinajstić information content (AvgIpc) is 2.50. The molecular weight excluding hydrogens is 302 g/mol. The van der Waals surface area contributed by atoms with Gasteiger partial charge in [-0.25, -0.2) is 0 Å². The van der Waals surface area contributed by atoms with Gasteiger partial charge in [0.1, 0.15) is 0 Å². The molecule has 1 saturated carbocycles. The molecule has 0 radical (unpaired) electrons. The summed E-state index contributed by atoms with van der Waals surface area (Å²) in [6.45, 7) is 5.26. The zero-order chi connectivity index (χ0) is 16.2. The second-order valence-electron chi connectivity index (χ2n) is 5.59. The van der Waals surface area contributed by atoms with Crippen LogP contribution in [-0.2, 0) is 19.1 Å². The lowest BCUT2D eigenvalue weighted by Crippen LogP contribution is -2.39. The first-order valence-electron chi connectivity index (χ1n) is 7.33. The molecule has 0 saturated heterocycles. The monoisotopic (exact) mass is 323 g/mol. The fraction of sp³-hybridized carbons (Fsp3) is 0.438. The van der Waals surface area contributed by atoms with E-state index < -0.39 is 10.1 Å². The first kappa shape index (κ1) is 16.7. The maximum absolute atomic E-state index is 12.1. The largest absolute Gasteiger partial charge is 0.350 e. The number of nitrogens with one attached hydrogen (secondary N) is 1. The standard InChI is InChI=1S/C16H21NO4S/c1-12(2)16(18)17-13-8-10-14(11-9-13)21-22(19,20)15-6-4-3-5-7-15/h3-7,13-14H,1,8-11H2,2H3,(H,17,18). The minimum Gasteiger partial charge on any atom is -0.350 e. The summed E-state index contributed by atoms with van der Waals surface area (Å²) in [6.07, 6.45) is 2.28. The average molecular weight is 323 g/mol. The summed E-state index contributed by atoms with van der Waals surface area (Å²) in [7, 11) is -3.72. The minimum absolute atomic E-state index is 0.0588. The van der Waals surface area contributed by atoms with Crippen LogP contribution in [0.4, 0.5) is 0 Å². The van der Waals surface area contributed by atoms with Crippen molar-refractivity contribution in [1.82, 2.24) is 5.32 Å². The van der Waals surface area contributed by atoms with Crippen molar-refractivity contribution in [3.63, 3.8) is 0 Å². The second-order valence-corrected chi connectivity index (χ2v) is 7.16. The van der Waals surface area contributed by atoms with E-state index in [2.05, 4.69) is 11.9 Å². The van der Waals surface area contributed by atoms with Gasteiger partial charge >= 0.3 is 0 Å². The molecule has 1 amide bonds. The fourth-order valence-corrected chi connectivity index (χ4v) is 3.59. The summed E-state index contributed by atoms with van der Waals surface area (Å²) in [5, 5.41) is 2.89. The number of hydrogen-bond acceptors (Lipinski definition) is 4. The van der Waals surface area contributed by atoms with Crippen molar-refractivity contribution >= 4 is 16.0 Å². The highest BCUT2D eigenvalue weighted by Crippen LogP contribution is 2.25. The van der Waals surface area contributed by atoms with Crippen molar-refractivity contribution in [3.8, 4) is 0 Å². The molecular formula is C16H21NO4S. The van der Waals surface area contributed by atoms with E-state index in [1.165, 1.54) is 12.1 Å². The lowest BCUT2D eigenvalue weighted by atomic mass is 9.93. The Hall–Kier alpha value is -1.66. The van der Waals surface area contributed by atoms with Crippen molar-refractivity contribution in [2.45, 2.75) is 49.6 Å². The first-order valence-corrected chi connectivity index (χ1v) is 8.74. The van der Waals surface area contributed by atoms with Crippen LogP contribution in [0, 0.1) is 0 Å². The fourth-order valence-electron chi connectivity index (χ4n) is 2.43. The molecule has 1 fully saturated rings. The second kappa shape index (κ2) is 7.07. The van der Waals surface area contributed by atoms with Gasteiger partial charge in [-0.15, -0.1) is 0 Å². The van der Waals surface area contributed by atoms with Gasteiger partial charge in [0.2, 0.25) is 5.91 Å². The molecule has 0 atom stereocenters. The molecule has 22 heavy (non-hydrogen) atoms. The smallest absolute Gasteiger partial charge is 0.297 e. The molecule has 5 nitrogen and oxygen atoms in total. The molecule has 1 N–H and O–H groups in total. The number of hydrogen-bond donors (Lipinski definition) is 1. The third-order valence-electron chi connectivity index (χ3n) is 3.69. The van der Waals surface area contributed by atoms with Gasteiger partial charge in [-0.05, 0) is 44.7 Å². The molecule has 0 bridgehead atoms. The van der Waals surface area contributed by atoms with Crippen LogP contribution in [0.5, 0.6) is 0 Å². The Labute approximate surface area is 131 Å². The van der Waals surface area contributed by atoms with Crippen LogP contribution < -0.4 is 5.32 Å². The van der Waals surface area contributed by atoms with Crippen LogP contribution in [-0.4, -0.2) is 26.5 Å². The van der Waals surface area contributed by atoms with E-state index in [1.807, 2.05) is 0 Å². The van der Waals surface area contributed by atoms with Crippen LogP contribution in [0.15, 0.2) is 47.4 Å². The highest BCUT2D eigenvalue weighted by atomic mass is 32.2. The van der Waals surface area contributed by atoms with E-state index in [0.717, 1.165) is 0 Å². The van der Waals surface area contributed by atoms with E-state index in [-0.39, 0.29) is 22.9 Å². The van der Waals surface area contributed by atoms with E-state index in [9.17, 15) is 13.2 Å². The van der Waals surface area contributed by atoms with Gasteiger partial charge in [0.25, 0.3) is 10.1 Å². The predicted octanol–water partition coefficient (Wildman–Crippen LogP) is 2.40. The summed E-state index contributed by atoms with van der Waals surface area (Å²) in [4.78, 5) is 11.7. The quantitative estimate of drug-likeness (QED) is 0.667. The first-order chi connectivity index (χ1) is 10.4. The van der Waals surface area contributed by atoms with Gasteiger partial charge in [0.05, 0.1) is 11.0 Å². The summed E-state index contributed by atoms with van der Waals surface area (Å²) in [5.74, 6) is -0.152. The summed E-state index contributed by atoms with van der Waals surface area (Å²) >= 11 is 0. The van der Waals surface area contributed by atoms with Crippen molar-refractivity contribution in [2.75, 3.05) is 0 Å². The van der Waals surface area contributed by atoms with E-state index in [4.69, 9.17) is 4.18 Å². The molecule has 0 aliphatic heterocycles. The maximum atomic E-state index is 12.1. The summed E-state index contributed by atoms with van der Waals surface area (Å²) < 4.78 is 29.6. The van der Waals surface area contributed by atoms with E-state index >= 15 is 0 Å². The SMILES string of the molecule is C=C(C)C(=O)NC1CCC(OS(=O)(=O)c2ccccc2)CC1. The van der Waals surface area contributed by atoms with Gasteiger partial charge in [0.15, 0.2) is 0 Å². The molecule has 6 heteroatoms. The molecule has 0 aromatic heterocycles. The van der Waals surface area contributed by atoms with Crippen molar-refractivity contribution in [2.24, 2.45) is 0 Å². The summed E-state index contributed by atoms with van der Waals surface area (Å²) in [5.41, 5.74) is 0.477. The van der Waals surface area contributed by atoms with Gasteiger partial charge in [-0.3, -0.25) is 8.98 Å². The molecule has 1 aromatic carbocycles. The Balaban J connectivity index is 1.88. The van der Waals surface area contributed by atoms with Crippen LogP contribution in [0.3, 0.4) is 0 Å². The third-order valence-corrected chi connectivity index (χ3v) is 5.07. The van der Waals surface area contributed by atoms with Gasteiger partial charge in [-0.1, -0.05) is 24.8 Å². The Kier molecular flexibility index (Phi) is 5.37. The summed E-state index contributed by atoms with van der Waals surface area (Å²) in [6, 6.07) is 8.19. The highest BCUT2D eigenvalue weighted by molar-refractivity contribution is 7.86. The topological polar surface area (TPSA) is 72.5 Å². The molecule has 0 heterocycles. The van der Waals surface area contributed by atoms with Crippen molar-refractivity contribution < 1.29 is 17.4 Å². The highest BCUT2D eigenvalue weighted by Gasteiger charge is 2.27. The molecule has 0 spiro atoms. The maximum Gasteiger partial charge on any atom is 0.297 e. The molecule has 2 rings (SSSR count). The molecule has 1 aliphatic rings. The lowest BCUT2D eigenvalue weighted by molar-refractivity contribution is -0.118. The van der Waals surface area contributed by atoms with Crippen LogP contribution in [0.2, 0.25) is 0 Å².